The van der Waals surface area contributed by atoms with Crippen molar-refractivity contribution in [3.8, 4) is 11.1 Å². The third-order valence-electron chi connectivity index (χ3n) is 2.90. The van der Waals surface area contributed by atoms with Crippen LogP contribution < -0.4 is 17.2 Å². The van der Waals surface area contributed by atoms with Crippen molar-refractivity contribution in [2.45, 2.75) is 6.18 Å². The fourth-order valence-electron chi connectivity index (χ4n) is 1.99. The molecule has 0 heterocycles. The summed E-state index contributed by atoms with van der Waals surface area (Å²) in [5.74, 6) is -0.379. The highest BCUT2D eigenvalue weighted by atomic mass is 19.4. The maximum atomic E-state index is 13.0. The van der Waals surface area contributed by atoms with Gasteiger partial charge in [-0.15, -0.1) is 0 Å². The standard InChI is InChI=1S/C15H14F3N5/c16-15(17,18)12-4-2-1-3-11(12)9-5-7-10(8-6-9)22-14(21)23-13(19)20/h1-8H,(H6,19,20,21,22,23). The van der Waals surface area contributed by atoms with Crippen LogP contribution in [0.3, 0.4) is 0 Å². The van der Waals surface area contributed by atoms with Crippen LogP contribution in [0.2, 0.25) is 0 Å². The summed E-state index contributed by atoms with van der Waals surface area (Å²) in [7, 11) is 0. The van der Waals surface area contributed by atoms with Gasteiger partial charge in [-0.05, 0) is 29.3 Å². The Balaban J connectivity index is 2.37. The summed E-state index contributed by atoms with van der Waals surface area (Å²) in [6.45, 7) is 0. The first-order chi connectivity index (χ1) is 10.8. The Morgan fingerprint density at radius 3 is 2.04 bits per heavy atom. The summed E-state index contributed by atoms with van der Waals surface area (Å²) in [5.41, 5.74) is 16.0. The second-order valence-corrected chi connectivity index (χ2v) is 4.60. The van der Waals surface area contributed by atoms with E-state index >= 15 is 0 Å². The van der Waals surface area contributed by atoms with E-state index in [2.05, 4.69) is 9.98 Å². The molecule has 0 fully saturated rings. The Labute approximate surface area is 130 Å². The lowest BCUT2D eigenvalue weighted by molar-refractivity contribution is -0.137. The van der Waals surface area contributed by atoms with Gasteiger partial charge in [0.05, 0.1) is 11.3 Å². The molecule has 0 unspecified atom stereocenters. The summed E-state index contributed by atoms with van der Waals surface area (Å²) >= 11 is 0. The summed E-state index contributed by atoms with van der Waals surface area (Å²) in [4.78, 5) is 7.48. The number of hydrogen-bond donors (Lipinski definition) is 3. The van der Waals surface area contributed by atoms with E-state index in [1.807, 2.05) is 0 Å². The molecule has 5 nitrogen and oxygen atoms in total. The molecular formula is C15H14F3N5. The van der Waals surface area contributed by atoms with E-state index < -0.39 is 11.7 Å². The Bertz CT molecular complexity index is 744. The van der Waals surface area contributed by atoms with Gasteiger partial charge in [0.2, 0.25) is 5.96 Å². The SMILES string of the molecule is NC(N)=NC(N)=Nc1ccc(-c2ccccc2C(F)(F)F)cc1. The molecule has 2 aromatic rings. The maximum absolute atomic E-state index is 13.0. The van der Waals surface area contributed by atoms with Gasteiger partial charge >= 0.3 is 6.18 Å². The summed E-state index contributed by atoms with van der Waals surface area (Å²) in [6.07, 6.45) is -4.43. The highest BCUT2D eigenvalue weighted by Crippen LogP contribution is 2.37. The second kappa shape index (κ2) is 6.39. The molecule has 0 aromatic heterocycles. The smallest absolute Gasteiger partial charge is 0.370 e. The van der Waals surface area contributed by atoms with E-state index in [9.17, 15) is 13.2 Å². The van der Waals surface area contributed by atoms with Gasteiger partial charge in [0.25, 0.3) is 0 Å². The van der Waals surface area contributed by atoms with Crippen molar-refractivity contribution in [2.24, 2.45) is 27.2 Å². The lowest BCUT2D eigenvalue weighted by Crippen LogP contribution is -2.26. The fraction of sp³-hybridized carbons (Fsp3) is 0.0667. The minimum absolute atomic E-state index is 0.0905. The van der Waals surface area contributed by atoms with Gasteiger partial charge in [-0.2, -0.15) is 18.2 Å². The molecule has 6 N–H and O–H groups in total. The van der Waals surface area contributed by atoms with Crippen molar-refractivity contribution in [3.63, 3.8) is 0 Å². The van der Waals surface area contributed by atoms with Gasteiger partial charge < -0.3 is 17.2 Å². The first kappa shape index (κ1) is 16.3. The molecule has 0 aliphatic rings. The molecule has 8 heteroatoms. The molecule has 0 bridgehead atoms. The van der Waals surface area contributed by atoms with E-state index in [1.165, 1.54) is 36.4 Å². The molecule has 0 radical (unpaired) electrons. The average molecular weight is 321 g/mol. The Morgan fingerprint density at radius 1 is 0.870 bits per heavy atom. The predicted octanol–water partition coefficient (Wildman–Crippen LogP) is 2.59. The zero-order chi connectivity index (χ0) is 17.0. The Kier molecular flexibility index (Phi) is 4.54. The monoisotopic (exact) mass is 321 g/mol. The molecule has 0 aliphatic carbocycles. The molecule has 0 amide bonds. The van der Waals surface area contributed by atoms with Crippen LogP contribution in [0.25, 0.3) is 11.1 Å². The lowest BCUT2D eigenvalue weighted by Gasteiger charge is -2.12. The van der Waals surface area contributed by atoms with E-state index in [-0.39, 0.29) is 17.5 Å². The van der Waals surface area contributed by atoms with Crippen LogP contribution in [0.4, 0.5) is 18.9 Å². The minimum atomic E-state index is -4.43. The number of guanidine groups is 2. The number of benzene rings is 2. The van der Waals surface area contributed by atoms with Crippen LogP contribution in [0, 0.1) is 0 Å². The van der Waals surface area contributed by atoms with Crippen molar-refractivity contribution in [2.75, 3.05) is 0 Å². The second-order valence-electron chi connectivity index (χ2n) is 4.60. The largest absolute Gasteiger partial charge is 0.417 e. The molecule has 0 saturated heterocycles. The molecule has 0 aliphatic heterocycles. The fourth-order valence-corrected chi connectivity index (χ4v) is 1.99. The van der Waals surface area contributed by atoms with Gasteiger partial charge in [0.15, 0.2) is 5.96 Å². The van der Waals surface area contributed by atoms with Gasteiger partial charge in [0, 0.05) is 0 Å². The van der Waals surface area contributed by atoms with Crippen LogP contribution in [0.5, 0.6) is 0 Å². The van der Waals surface area contributed by atoms with Gasteiger partial charge in [-0.3, -0.25) is 0 Å². The van der Waals surface area contributed by atoms with Crippen LogP contribution >= 0.6 is 0 Å². The number of hydrogen-bond acceptors (Lipinski definition) is 1. The highest BCUT2D eigenvalue weighted by molar-refractivity contribution is 5.93. The van der Waals surface area contributed by atoms with E-state index in [0.717, 1.165) is 6.07 Å². The minimum Gasteiger partial charge on any atom is -0.370 e. The van der Waals surface area contributed by atoms with E-state index in [0.29, 0.717) is 11.3 Å². The summed E-state index contributed by atoms with van der Waals surface area (Å²) < 4.78 is 39.1. The highest BCUT2D eigenvalue weighted by Gasteiger charge is 2.33. The number of halogens is 3. The van der Waals surface area contributed by atoms with E-state index in [1.54, 1.807) is 6.07 Å². The summed E-state index contributed by atoms with van der Waals surface area (Å²) in [5, 5.41) is 0. The maximum Gasteiger partial charge on any atom is 0.417 e. The first-order valence-corrected chi connectivity index (χ1v) is 6.48. The number of rotatable bonds is 2. The lowest BCUT2D eigenvalue weighted by atomic mass is 9.99. The summed E-state index contributed by atoms with van der Waals surface area (Å²) in [6, 6.07) is 11.4. The Morgan fingerprint density at radius 2 is 1.48 bits per heavy atom. The molecule has 120 valence electrons. The molecule has 23 heavy (non-hydrogen) atoms. The van der Waals surface area contributed by atoms with Crippen molar-refractivity contribution >= 4 is 17.6 Å². The number of aliphatic imine (C=N–C) groups is 2. The third-order valence-corrected chi connectivity index (χ3v) is 2.90. The zero-order valence-electron chi connectivity index (χ0n) is 11.9. The quantitative estimate of drug-likeness (QED) is 0.585. The zero-order valence-corrected chi connectivity index (χ0v) is 11.9. The number of nitrogens with two attached hydrogens (primary N) is 3. The van der Waals surface area contributed by atoms with Crippen molar-refractivity contribution < 1.29 is 13.2 Å². The van der Waals surface area contributed by atoms with Crippen LogP contribution in [0.15, 0.2) is 58.5 Å². The van der Waals surface area contributed by atoms with Gasteiger partial charge in [-0.25, -0.2) is 4.99 Å². The van der Waals surface area contributed by atoms with Crippen LogP contribution in [-0.2, 0) is 6.18 Å². The van der Waals surface area contributed by atoms with Crippen LogP contribution in [0.1, 0.15) is 5.56 Å². The topological polar surface area (TPSA) is 103 Å². The molecule has 0 saturated carbocycles. The number of alkyl halides is 3. The van der Waals surface area contributed by atoms with Crippen molar-refractivity contribution in [1.82, 2.24) is 0 Å². The molecule has 2 rings (SSSR count). The van der Waals surface area contributed by atoms with Crippen molar-refractivity contribution in [3.05, 3.63) is 54.1 Å². The molecule has 2 aromatic carbocycles. The molecular weight excluding hydrogens is 307 g/mol. The van der Waals surface area contributed by atoms with Crippen LogP contribution in [-0.4, -0.2) is 11.9 Å². The van der Waals surface area contributed by atoms with Crippen molar-refractivity contribution in [1.29, 1.82) is 0 Å². The van der Waals surface area contributed by atoms with E-state index in [4.69, 9.17) is 17.2 Å². The normalized spacial score (nSPS) is 12.0. The van der Waals surface area contributed by atoms with Gasteiger partial charge in [-0.1, -0.05) is 30.3 Å². The first-order valence-electron chi connectivity index (χ1n) is 6.48. The number of nitrogens with zero attached hydrogens (tertiary/aromatic N) is 2. The average Bonchev–Trinajstić information content (AvgIpc) is 2.46. The Hall–Kier alpha value is -3.03. The third kappa shape index (κ3) is 4.22. The molecule has 0 spiro atoms. The van der Waals surface area contributed by atoms with Gasteiger partial charge in [0.1, 0.15) is 0 Å². The molecule has 0 atom stereocenters. The predicted molar refractivity (Wildman–Crippen MR) is 84.0 cm³/mol.